The molecule has 0 heterocycles. The van der Waals surface area contributed by atoms with Crippen LogP contribution in [0, 0.1) is 0 Å². The van der Waals surface area contributed by atoms with Crippen molar-refractivity contribution in [1.82, 2.24) is 0 Å². The highest BCUT2D eigenvalue weighted by atomic mass is 19.2. The van der Waals surface area contributed by atoms with Crippen molar-refractivity contribution in [3.05, 3.63) is 0 Å². The Morgan fingerprint density at radius 3 is 2.50 bits per heavy atom. The number of unbranched alkanes of at least 4 members (excludes halogenated alkanes) is 2. The van der Waals surface area contributed by atoms with E-state index in [-0.39, 0.29) is 12.3 Å². The summed E-state index contributed by atoms with van der Waals surface area (Å²) in [6.07, 6.45) is 1.29. The predicted molar refractivity (Wildman–Crippen MR) is 43.2 cm³/mol. The van der Waals surface area contributed by atoms with Crippen LogP contribution >= 0.6 is 0 Å². The summed E-state index contributed by atoms with van der Waals surface area (Å²) in [5, 5.41) is 0. The third kappa shape index (κ3) is 7.44. The Kier molecular flexibility index (Phi) is 6.61. The number of rotatable bonds is 7. The van der Waals surface area contributed by atoms with Crippen molar-refractivity contribution in [2.24, 2.45) is 5.73 Å². The molecule has 1 unspecified atom stereocenters. The number of carbonyl (C=O) groups excluding carboxylic acids is 1. The van der Waals surface area contributed by atoms with Crippen LogP contribution in [0.1, 0.15) is 32.1 Å². The van der Waals surface area contributed by atoms with Crippen LogP contribution in [0.4, 0.5) is 8.78 Å². The van der Waals surface area contributed by atoms with E-state index in [1.54, 1.807) is 0 Å². The minimum absolute atomic E-state index is 0.245. The third-order valence-electron chi connectivity index (χ3n) is 1.61. The van der Waals surface area contributed by atoms with Crippen molar-refractivity contribution in [2.45, 2.75) is 38.3 Å². The Labute approximate surface area is 71.1 Å². The second-order valence-corrected chi connectivity index (χ2v) is 2.82. The van der Waals surface area contributed by atoms with E-state index in [0.717, 1.165) is 6.42 Å². The molecule has 72 valence electrons. The minimum atomic E-state index is -1.33. The summed E-state index contributed by atoms with van der Waals surface area (Å²) in [5.74, 6) is -0.336. The fraction of sp³-hybridized carbons (Fsp3) is 0.875. The fourth-order valence-corrected chi connectivity index (χ4v) is 0.919. The molecule has 0 spiro atoms. The molecule has 1 amide bonds. The number of primary amides is 1. The van der Waals surface area contributed by atoms with Gasteiger partial charge in [0.25, 0.3) is 0 Å². The highest BCUT2D eigenvalue weighted by Gasteiger charge is 2.04. The predicted octanol–water partition coefficient (Wildman–Crippen LogP) is 1.73. The maximum absolute atomic E-state index is 12.3. The summed E-state index contributed by atoms with van der Waals surface area (Å²) in [7, 11) is 0. The molecule has 0 aromatic heterocycles. The Bertz CT molecular complexity index is 130. The molecule has 2 N–H and O–H groups in total. The van der Waals surface area contributed by atoms with E-state index in [2.05, 4.69) is 0 Å². The average molecular weight is 179 g/mol. The smallest absolute Gasteiger partial charge is 0.217 e. The molecular formula is C8H15F2NO. The van der Waals surface area contributed by atoms with Crippen LogP contribution in [-0.2, 0) is 4.79 Å². The van der Waals surface area contributed by atoms with Crippen molar-refractivity contribution < 1.29 is 13.6 Å². The van der Waals surface area contributed by atoms with Gasteiger partial charge < -0.3 is 5.73 Å². The lowest BCUT2D eigenvalue weighted by Gasteiger charge is -2.01. The molecule has 0 rings (SSSR count). The zero-order chi connectivity index (χ0) is 9.40. The topological polar surface area (TPSA) is 43.1 Å². The molecule has 0 aromatic carbocycles. The minimum Gasteiger partial charge on any atom is -0.370 e. The number of halogens is 2. The second kappa shape index (κ2) is 7.00. The van der Waals surface area contributed by atoms with Crippen LogP contribution in [0.2, 0.25) is 0 Å². The average Bonchev–Trinajstić information content (AvgIpc) is 2.03. The Morgan fingerprint density at radius 2 is 2.00 bits per heavy atom. The molecule has 2 nitrogen and oxygen atoms in total. The van der Waals surface area contributed by atoms with Gasteiger partial charge >= 0.3 is 0 Å². The van der Waals surface area contributed by atoms with Crippen molar-refractivity contribution in [3.63, 3.8) is 0 Å². The number of hydrogen-bond donors (Lipinski definition) is 1. The first-order valence-electron chi connectivity index (χ1n) is 4.15. The number of alkyl halides is 2. The second-order valence-electron chi connectivity index (χ2n) is 2.82. The first-order chi connectivity index (χ1) is 5.66. The van der Waals surface area contributed by atoms with E-state index < -0.39 is 12.8 Å². The summed E-state index contributed by atoms with van der Waals surface area (Å²) >= 11 is 0. The zero-order valence-electron chi connectivity index (χ0n) is 7.06. The van der Waals surface area contributed by atoms with Crippen LogP contribution in [0.15, 0.2) is 0 Å². The molecule has 0 bridgehead atoms. The van der Waals surface area contributed by atoms with Crippen molar-refractivity contribution >= 4 is 5.91 Å². The summed E-state index contributed by atoms with van der Waals surface area (Å²) in [5.41, 5.74) is 4.89. The van der Waals surface area contributed by atoms with E-state index in [4.69, 9.17) is 5.73 Å². The molecular weight excluding hydrogens is 164 g/mol. The fourth-order valence-electron chi connectivity index (χ4n) is 0.919. The lowest BCUT2D eigenvalue weighted by Crippen LogP contribution is -2.09. The molecule has 0 aliphatic rings. The lowest BCUT2D eigenvalue weighted by atomic mass is 10.1. The van der Waals surface area contributed by atoms with Crippen LogP contribution in [0.25, 0.3) is 0 Å². The van der Waals surface area contributed by atoms with Gasteiger partial charge in [-0.15, -0.1) is 0 Å². The lowest BCUT2D eigenvalue weighted by molar-refractivity contribution is -0.118. The number of hydrogen-bond acceptors (Lipinski definition) is 1. The maximum atomic E-state index is 12.3. The molecule has 0 aromatic rings. The van der Waals surface area contributed by atoms with E-state index in [0.29, 0.717) is 19.3 Å². The summed E-state index contributed by atoms with van der Waals surface area (Å²) in [6, 6.07) is 0. The Hall–Kier alpha value is -0.670. The molecule has 0 saturated carbocycles. The Balaban J connectivity index is 3.05. The van der Waals surface area contributed by atoms with Crippen molar-refractivity contribution in [3.8, 4) is 0 Å². The standard InChI is InChI=1S/C8H15F2NO/c9-6-7(10)4-2-1-3-5-8(11)12/h7H,1-6H2,(H2,11,12). The first-order valence-corrected chi connectivity index (χ1v) is 4.15. The van der Waals surface area contributed by atoms with Gasteiger partial charge in [-0.2, -0.15) is 0 Å². The molecule has 0 saturated heterocycles. The van der Waals surface area contributed by atoms with Gasteiger partial charge in [0.1, 0.15) is 12.8 Å². The highest BCUT2D eigenvalue weighted by Crippen LogP contribution is 2.08. The monoisotopic (exact) mass is 179 g/mol. The van der Waals surface area contributed by atoms with E-state index in [9.17, 15) is 13.6 Å². The van der Waals surface area contributed by atoms with Crippen LogP contribution in [-0.4, -0.2) is 18.8 Å². The van der Waals surface area contributed by atoms with Crippen molar-refractivity contribution in [2.75, 3.05) is 6.67 Å². The maximum Gasteiger partial charge on any atom is 0.217 e. The molecule has 12 heavy (non-hydrogen) atoms. The SMILES string of the molecule is NC(=O)CCCCCC(F)CF. The third-order valence-corrected chi connectivity index (χ3v) is 1.61. The Morgan fingerprint density at radius 1 is 1.33 bits per heavy atom. The van der Waals surface area contributed by atoms with Gasteiger partial charge in [0.15, 0.2) is 0 Å². The van der Waals surface area contributed by atoms with Crippen LogP contribution in [0.5, 0.6) is 0 Å². The van der Waals surface area contributed by atoms with Crippen molar-refractivity contribution in [1.29, 1.82) is 0 Å². The van der Waals surface area contributed by atoms with E-state index in [1.165, 1.54) is 0 Å². The van der Waals surface area contributed by atoms with Gasteiger partial charge in [-0.25, -0.2) is 8.78 Å². The van der Waals surface area contributed by atoms with Crippen LogP contribution in [0.3, 0.4) is 0 Å². The van der Waals surface area contributed by atoms with Crippen LogP contribution < -0.4 is 5.73 Å². The number of carbonyl (C=O) groups is 1. The van der Waals surface area contributed by atoms with E-state index in [1.807, 2.05) is 0 Å². The summed E-state index contributed by atoms with van der Waals surface area (Å²) in [4.78, 5) is 10.2. The molecule has 0 radical (unpaired) electrons. The highest BCUT2D eigenvalue weighted by molar-refractivity contribution is 5.73. The number of nitrogens with two attached hydrogens (primary N) is 1. The normalized spacial score (nSPS) is 12.8. The van der Waals surface area contributed by atoms with Gasteiger partial charge in [0.05, 0.1) is 0 Å². The largest absolute Gasteiger partial charge is 0.370 e. The molecule has 1 atom stereocenters. The summed E-state index contributed by atoms with van der Waals surface area (Å²) in [6.45, 7) is -0.907. The molecule has 0 aliphatic heterocycles. The van der Waals surface area contributed by atoms with Gasteiger partial charge in [-0.05, 0) is 12.8 Å². The zero-order valence-corrected chi connectivity index (χ0v) is 7.06. The van der Waals surface area contributed by atoms with E-state index >= 15 is 0 Å². The quantitative estimate of drug-likeness (QED) is 0.594. The molecule has 4 heteroatoms. The van der Waals surface area contributed by atoms with Gasteiger partial charge in [0, 0.05) is 6.42 Å². The van der Waals surface area contributed by atoms with Gasteiger partial charge in [-0.3, -0.25) is 4.79 Å². The van der Waals surface area contributed by atoms with Gasteiger partial charge in [0.2, 0.25) is 5.91 Å². The van der Waals surface area contributed by atoms with Gasteiger partial charge in [-0.1, -0.05) is 12.8 Å². The first kappa shape index (κ1) is 11.3. The molecule has 0 fully saturated rings. The molecule has 0 aliphatic carbocycles. The number of amides is 1. The summed E-state index contributed by atoms with van der Waals surface area (Å²) < 4.78 is 23.8.